The van der Waals surface area contributed by atoms with Gasteiger partial charge in [-0.05, 0) is 36.6 Å². The molecule has 1 N–H and O–H groups in total. The number of benzene rings is 2. The minimum absolute atomic E-state index is 0.00507. The van der Waals surface area contributed by atoms with Crippen LogP contribution in [0, 0.1) is 0 Å². The van der Waals surface area contributed by atoms with Crippen LogP contribution in [0.1, 0.15) is 35.3 Å². The van der Waals surface area contributed by atoms with Gasteiger partial charge in [0.2, 0.25) is 0 Å². The van der Waals surface area contributed by atoms with Crippen molar-refractivity contribution in [2.45, 2.75) is 31.2 Å². The summed E-state index contributed by atoms with van der Waals surface area (Å²) in [6, 6.07) is 22.5. The summed E-state index contributed by atoms with van der Waals surface area (Å²) in [4.78, 5) is 24.8. The Morgan fingerprint density at radius 3 is 2.37 bits per heavy atom. The molecular formula is C24H25N3O3. The smallest absolute Gasteiger partial charge is 0.271 e. The lowest BCUT2D eigenvalue weighted by Gasteiger charge is -2.42. The van der Waals surface area contributed by atoms with E-state index >= 15 is 0 Å². The van der Waals surface area contributed by atoms with Gasteiger partial charge >= 0.3 is 0 Å². The number of hydrogen-bond donors (Lipinski definition) is 1. The molecule has 1 heterocycles. The molecule has 1 aliphatic carbocycles. The molecule has 3 aromatic rings. The van der Waals surface area contributed by atoms with Gasteiger partial charge in [0.15, 0.2) is 0 Å². The molecule has 1 fully saturated rings. The summed E-state index contributed by atoms with van der Waals surface area (Å²) in [5.41, 5.74) is 1.22. The van der Waals surface area contributed by atoms with Crippen molar-refractivity contribution < 1.29 is 9.53 Å². The van der Waals surface area contributed by atoms with Crippen molar-refractivity contribution in [3.8, 4) is 5.75 Å². The van der Waals surface area contributed by atoms with Gasteiger partial charge in [0.1, 0.15) is 18.1 Å². The van der Waals surface area contributed by atoms with Crippen LogP contribution in [0.3, 0.4) is 0 Å². The van der Waals surface area contributed by atoms with Gasteiger partial charge < -0.3 is 10.1 Å². The summed E-state index contributed by atoms with van der Waals surface area (Å²) >= 11 is 0. The fourth-order valence-electron chi connectivity index (χ4n) is 3.80. The Morgan fingerprint density at radius 1 is 1.00 bits per heavy atom. The number of carbonyl (C=O) groups excluding carboxylic acids is 1. The number of para-hydroxylation sites is 1. The van der Waals surface area contributed by atoms with Gasteiger partial charge in [-0.3, -0.25) is 9.59 Å². The van der Waals surface area contributed by atoms with E-state index in [9.17, 15) is 9.59 Å². The lowest BCUT2D eigenvalue weighted by molar-refractivity contribution is 0.0919. The van der Waals surface area contributed by atoms with Crippen LogP contribution >= 0.6 is 0 Å². The number of hydrogen-bond acceptors (Lipinski definition) is 4. The van der Waals surface area contributed by atoms with E-state index in [1.54, 1.807) is 0 Å². The average molecular weight is 403 g/mol. The van der Waals surface area contributed by atoms with Crippen molar-refractivity contribution in [3.05, 3.63) is 94.4 Å². The highest BCUT2D eigenvalue weighted by Crippen LogP contribution is 2.43. The first-order valence-electron chi connectivity index (χ1n) is 10.3. The molecule has 6 nitrogen and oxygen atoms in total. The van der Waals surface area contributed by atoms with E-state index in [-0.39, 0.29) is 29.1 Å². The van der Waals surface area contributed by atoms with Gasteiger partial charge in [-0.25, -0.2) is 4.68 Å². The van der Waals surface area contributed by atoms with Crippen molar-refractivity contribution in [3.63, 3.8) is 0 Å². The molecule has 1 saturated carbocycles. The number of carbonyl (C=O) groups is 1. The largest absolute Gasteiger partial charge is 0.492 e. The lowest BCUT2D eigenvalue weighted by Crippen LogP contribution is -2.46. The first-order valence-corrected chi connectivity index (χ1v) is 10.3. The van der Waals surface area contributed by atoms with Crippen molar-refractivity contribution >= 4 is 5.91 Å². The predicted molar refractivity (Wildman–Crippen MR) is 115 cm³/mol. The van der Waals surface area contributed by atoms with Gasteiger partial charge in [-0.2, -0.15) is 5.10 Å². The normalized spacial score (nSPS) is 14.5. The first-order chi connectivity index (χ1) is 14.7. The quantitative estimate of drug-likeness (QED) is 0.627. The maximum absolute atomic E-state index is 12.7. The molecule has 30 heavy (non-hydrogen) atoms. The second-order valence-electron chi connectivity index (χ2n) is 7.62. The third-order valence-electron chi connectivity index (χ3n) is 5.70. The standard InChI is InChI=1S/C24H25N3O3/c28-22-13-12-21(26-27(22)16-17-30-20-10-5-2-6-11-20)23(29)25-18-24(14-7-15-24)19-8-3-1-4-9-19/h1-6,8-13H,7,14-18H2,(H,25,29). The zero-order chi connectivity index (χ0) is 20.8. The minimum Gasteiger partial charge on any atom is -0.492 e. The van der Waals surface area contributed by atoms with Crippen molar-refractivity contribution in [2.24, 2.45) is 0 Å². The molecule has 0 atom stereocenters. The second-order valence-corrected chi connectivity index (χ2v) is 7.62. The zero-order valence-corrected chi connectivity index (χ0v) is 16.8. The molecule has 0 saturated heterocycles. The van der Waals surface area contributed by atoms with E-state index in [0.717, 1.165) is 25.0 Å². The Balaban J connectivity index is 1.38. The third-order valence-corrected chi connectivity index (χ3v) is 5.70. The van der Waals surface area contributed by atoms with Crippen LogP contribution < -0.4 is 15.6 Å². The second kappa shape index (κ2) is 8.95. The van der Waals surface area contributed by atoms with Crippen molar-refractivity contribution in [1.29, 1.82) is 0 Å². The van der Waals surface area contributed by atoms with Crippen LogP contribution in [0.25, 0.3) is 0 Å². The Labute approximate surface area is 175 Å². The summed E-state index contributed by atoms with van der Waals surface area (Å²) in [6.07, 6.45) is 3.28. The van der Waals surface area contributed by atoms with E-state index < -0.39 is 0 Å². The Kier molecular flexibility index (Phi) is 5.93. The number of nitrogens with one attached hydrogen (secondary N) is 1. The molecule has 0 aliphatic heterocycles. The molecule has 1 aromatic heterocycles. The summed E-state index contributed by atoms with van der Waals surface area (Å²) in [6.45, 7) is 1.12. The molecule has 0 radical (unpaired) electrons. The summed E-state index contributed by atoms with van der Waals surface area (Å²) in [7, 11) is 0. The van der Waals surface area contributed by atoms with Crippen LogP contribution in [0.15, 0.2) is 77.6 Å². The van der Waals surface area contributed by atoms with Gasteiger partial charge in [0, 0.05) is 18.0 Å². The van der Waals surface area contributed by atoms with Crippen molar-refractivity contribution in [2.75, 3.05) is 13.2 Å². The highest BCUT2D eigenvalue weighted by Gasteiger charge is 2.38. The summed E-state index contributed by atoms with van der Waals surface area (Å²) in [5.74, 6) is 0.459. The Bertz CT molecular complexity index is 1040. The fraction of sp³-hybridized carbons (Fsp3) is 0.292. The van der Waals surface area contributed by atoms with E-state index in [4.69, 9.17) is 4.74 Å². The number of ether oxygens (including phenoxy) is 1. The predicted octanol–water partition coefficient (Wildman–Crippen LogP) is 3.17. The molecule has 1 amide bonds. The first kappa shape index (κ1) is 19.9. The van der Waals surface area contributed by atoms with E-state index in [0.29, 0.717) is 13.2 Å². The summed E-state index contributed by atoms with van der Waals surface area (Å²) in [5, 5.41) is 7.25. The maximum atomic E-state index is 12.7. The molecule has 0 unspecified atom stereocenters. The van der Waals surface area contributed by atoms with E-state index in [1.807, 2.05) is 48.5 Å². The van der Waals surface area contributed by atoms with Gasteiger partial charge in [-0.15, -0.1) is 0 Å². The lowest BCUT2D eigenvalue weighted by atomic mass is 9.64. The topological polar surface area (TPSA) is 73.2 Å². The molecule has 6 heteroatoms. The highest BCUT2D eigenvalue weighted by atomic mass is 16.5. The molecule has 4 rings (SSSR count). The fourth-order valence-corrected chi connectivity index (χ4v) is 3.80. The van der Waals surface area contributed by atoms with E-state index in [1.165, 1.54) is 22.4 Å². The van der Waals surface area contributed by atoms with Crippen LogP contribution in [-0.2, 0) is 12.0 Å². The van der Waals surface area contributed by atoms with Crippen LogP contribution in [0.4, 0.5) is 0 Å². The van der Waals surface area contributed by atoms with Crippen LogP contribution in [-0.4, -0.2) is 28.8 Å². The SMILES string of the molecule is O=C(NCC1(c2ccccc2)CCC1)c1ccc(=O)n(CCOc2ccccc2)n1. The molecule has 0 spiro atoms. The molecule has 0 bridgehead atoms. The molecule has 154 valence electrons. The van der Waals surface area contributed by atoms with Gasteiger partial charge in [-0.1, -0.05) is 55.0 Å². The molecule has 2 aromatic carbocycles. The highest BCUT2D eigenvalue weighted by molar-refractivity contribution is 5.92. The number of amides is 1. The Hall–Kier alpha value is -3.41. The van der Waals surface area contributed by atoms with Crippen molar-refractivity contribution in [1.82, 2.24) is 15.1 Å². The third kappa shape index (κ3) is 4.43. The van der Waals surface area contributed by atoms with Crippen LogP contribution in [0.5, 0.6) is 5.75 Å². The monoisotopic (exact) mass is 403 g/mol. The molecular weight excluding hydrogens is 378 g/mol. The maximum Gasteiger partial charge on any atom is 0.271 e. The number of nitrogens with zero attached hydrogens (tertiary/aromatic N) is 2. The summed E-state index contributed by atoms with van der Waals surface area (Å²) < 4.78 is 6.90. The average Bonchev–Trinajstić information content (AvgIpc) is 2.75. The Morgan fingerprint density at radius 2 is 1.70 bits per heavy atom. The number of rotatable bonds is 8. The number of aromatic nitrogens is 2. The molecule has 1 aliphatic rings. The van der Waals surface area contributed by atoms with E-state index in [2.05, 4.69) is 22.5 Å². The van der Waals surface area contributed by atoms with Gasteiger partial charge in [0.25, 0.3) is 11.5 Å². The van der Waals surface area contributed by atoms with Gasteiger partial charge in [0.05, 0.1) is 6.54 Å². The zero-order valence-electron chi connectivity index (χ0n) is 16.8. The van der Waals surface area contributed by atoms with Crippen LogP contribution in [0.2, 0.25) is 0 Å². The minimum atomic E-state index is -0.269.